The van der Waals surface area contributed by atoms with Crippen LogP contribution in [0.3, 0.4) is 0 Å². The molecule has 0 saturated heterocycles. The van der Waals surface area contributed by atoms with E-state index in [1.807, 2.05) is 0 Å². The summed E-state index contributed by atoms with van der Waals surface area (Å²) in [5.41, 5.74) is 5.43. The van der Waals surface area contributed by atoms with E-state index >= 15 is 0 Å². The van der Waals surface area contributed by atoms with E-state index in [4.69, 9.17) is 5.73 Å². The van der Waals surface area contributed by atoms with Crippen LogP contribution in [0, 0.1) is 0 Å². The molecular formula is C9H12N6O. The Bertz CT molecular complexity index is 460. The topological polar surface area (TPSA) is 102 Å². The molecule has 2 aromatic heterocycles. The van der Waals surface area contributed by atoms with Crippen molar-refractivity contribution in [2.24, 2.45) is 0 Å². The standard InChI is InChI=1S/C9H12N6O/c10-7-1-4-15(14-7)6-9(16)13-5-8-11-2-3-12-8/h1-4H,5-6H2,(H2,10,14)(H,11,12)(H,13,16). The van der Waals surface area contributed by atoms with E-state index in [-0.39, 0.29) is 12.5 Å². The van der Waals surface area contributed by atoms with Crippen molar-refractivity contribution < 1.29 is 4.79 Å². The Hall–Kier alpha value is -2.31. The number of nitrogens with one attached hydrogen (secondary N) is 2. The predicted octanol–water partition coefficient (Wildman–Crippen LogP) is -0.495. The van der Waals surface area contributed by atoms with Crippen molar-refractivity contribution in [3.63, 3.8) is 0 Å². The number of H-pyrrole nitrogens is 1. The van der Waals surface area contributed by atoms with Gasteiger partial charge in [0.25, 0.3) is 0 Å². The second-order valence-electron chi connectivity index (χ2n) is 3.25. The average molecular weight is 220 g/mol. The van der Waals surface area contributed by atoms with E-state index in [2.05, 4.69) is 20.4 Å². The number of nitrogen functional groups attached to an aromatic ring is 1. The molecule has 0 radical (unpaired) electrons. The Morgan fingerprint density at radius 2 is 2.50 bits per heavy atom. The number of nitrogens with zero attached hydrogens (tertiary/aromatic N) is 3. The van der Waals surface area contributed by atoms with Crippen LogP contribution >= 0.6 is 0 Å². The van der Waals surface area contributed by atoms with E-state index in [1.54, 1.807) is 24.7 Å². The van der Waals surface area contributed by atoms with Crippen LogP contribution in [0.15, 0.2) is 24.7 Å². The maximum absolute atomic E-state index is 11.5. The number of imidazole rings is 1. The SMILES string of the molecule is Nc1ccn(CC(=O)NCc2ncc[nH]2)n1. The molecular weight excluding hydrogens is 208 g/mol. The molecule has 84 valence electrons. The monoisotopic (exact) mass is 220 g/mol. The largest absolute Gasteiger partial charge is 0.382 e. The molecule has 7 heteroatoms. The first-order valence-corrected chi connectivity index (χ1v) is 4.78. The highest BCUT2D eigenvalue weighted by Crippen LogP contribution is 1.95. The third kappa shape index (κ3) is 2.59. The van der Waals surface area contributed by atoms with Gasteiger partial charge in [-0.05, 0) is 6.07 Å². The summed E-state index contributed by atoms with van der Waals surface area (Å²) >= 11 is 0. The zero-order chi connectivity index (χ0) is 11.4. The molecule has 16 heavy (non-hydrogen) atoms. The Labute approximate surface area is 91.7 Å². The Morgan fingerprint density at radius 1 is 1.62 bits per heavy atom. The summed E-state index contributed by atoms with van der Waals surface area (Å²) in [5, 5.41) is 6.61. The number of nitrogens with two attached hydrogens (primary N) is 1. The number of aromatic amines is 1. The minimum atomic E-state index is -0.139. The lowest BCUT2D eigenvalue weighted by Gasteiger charge is -2.03. The fourth-order valence-corrected chi connectivity index (χ4v) is 1.25. The minimum absolute atomic E-state index is 0.139. The van der Waals surface area contributed by atoms with Gasteiger partial charge in [-0.25, -0.2) is 4.98 Å². The van der Waals surface area contributed by atoms with Crippen molar-refractivity contribution in [3.8, 4) is 0 Å². The molecule has 1 amide bonds. The number of anilines is 1. The van der Waals surface area contributed by atoms with Crippen LogP contribution in [0.5, 0.6) is 0 Å². The lowest BCUT2D eigenvalue weighted by Crippen LogP contribution is -2.27. The smallest absolute Gasteiger partial charge is 0.242 e. The fourth-order valence-electron chi connectivity index (χ4n) is 1.25. The van der Waals surface area contributed by atoms with E-state index in [9.17, 15) is 4.79 Å². The Morgan fingerprint density at radius 3 is 3.12 bits per heavy atom. The van der Waals surface area contributed by atoms with Gasteiger partial charge in [-0.2, -0.15) is 5.10 Å². The molecule has 2 aromatic rings. The van der Waals surface area contributed by atoms with E-state index in [1.165, 1.54) is 4.68 Å². The molecule has 2 heterocycles. The summed E-state index contributed by atoms with van der Waals surface area (Å²) in [6.07, 6.45) is 4.99. The summed E-state index contributed by atoms with van der Waals surface area (Å²) in [6.45, 7) is 0.528. The molecule has 0 fully saturated rings. The van der Waals surface area contributed by atoms with Crippen molar-refractivity contribution in [3.05, 3.63) is 30.5 Å². The Kier molecular flexibility index (Phi) is 2.86. The lowest BCUT2D eigenvalue weighted by atomic mass is 10.5. The van der Waals surface area contributed by atoms with Crippen molar-refractivity contribution in [1.82, 2.24) is 25.1 Å². The highest BCUT2D eigenvalue weighted by molar-refractivity contribution is 5.75. The van der Waals surface area contributed by atoms with Gasteiger partial charge in [0.2, 0.25) is 5.91 Å². The third-order valence-corrected chi connectivity index (χ3v) is 1.97. The van der Waals surface area contributed by atoms with Crippen molar-refractivity contribution in [1.29, 1.82) is 0 Å². The molecule has 0 unspecified atom stereocenters. The van der Waals surface area contributed by atoms with Crippen LogP contribution in [0.25, 0.3) is 0 Å². The predicted molar refractivity (Wildman–Crippen MR) is 57.1 cm³/mol. The highest BCUT2D eigenvalue weighted by Gasteiger charge is 2.04. The van der Waals surface area contributed by atoms with Gasteiger partial charge in [0.1, 0.15) is 18.2 Å². The number of amides is 1. The molecule has 0 aliphatic rings. The number of hydrogen-bond donors (Lipinski definition) is 3. The molecule has 0 aliphatic carbocycles. The molecule has 0 bridgehead atoms. The minimum Gasteiger partial charge on any atom is -0.382 e. The van der Waals surface area contributed by atoms with Crippen LogP contribution in [0.2, 0.25) is 0 Å². The second-order valence-corrected chi connectivity index (χ2v) is 3.25. The number of aromatic nitrogens is 4. The summed E-state index contributed by atoms with van der Waals surface area (Å²) < 4.78 is 1.48. The summed E-state index contributed by atoms with van der Waals surface area (Å²) in [6, 6.07) is 1.64. The van der Waals surface area contributed by atoms with Crippen molar-refractivity contribution in [2.45, 2.75) is 13.1 Å². The zero-order valence-corrected chi connectivity index (χ0v) is 8.55. The maximum atomic E-state index is 11.5. The van der Waals surface area contributed by atoms with Gasteiger partial charge in [-0.3, -0.25) is 9.48 Å². The molecule has 0 saturated carbocycles. The van der Waals surface area contributed by atoms with Gasteiger partial charge < -0.3 is 16.0 Å². The van der Waals surface area contributed by atoms with Gasteiger partial charge in [0, 0.05) is 18.6 Å². The first kappa shape index (κ1) is 10.2. The van der Waals surface area contributed by atoms with Gasteiger partial charge >= 0.3 is 0 Å². The van der Waals surface area contributed by atoms with Gasteiger partial charge in [0.15, 0.2) is 0 Å². The van der Waals surface area contributed by atoms with Gasteiger partial charge in [-0.1, -0.05) is 0 Å². The van der Waals surface area contributed by atoms with Crippen LogP contribution < -0.4 is 11.1 Å². The van der Waals surface area contributed by atoms with E-state index < -0.39 is 0 Å². The van der Waals surface area contributed by atoms with Gasteiger partial charge in [0.05, 0.1) is 6.54 Å². The molecule has 0 spiro atoms. The highest BCUT2D eigenvalue weighted by atomic mass is 16.2. The second kappa shape index (κ2) is 4.47. The van der Waals surface area contributed by atoms with Crippen LogP contribution in [0.4, 0.5) is 5.82 Å². The summed E-state index contributed by atoms with van der Waals surface area (Å²) in [5.74, 6) is 0.978. The fraction of sp³-hybridized carbons (Fsp3) is 0.222. The van der Waals surface area contributed by atoms with E-state index in [0.717, 1.165) is 0 Å². The quantitative estimate of drug-likeness (QED) is 0.646. The average Bonchev–Trinajstić information content (AvgIpc) is 2.87. The lowest BCUT2D eigenvalue weighted by molar-refractivity contribution is -0.122. The zero-order valence-electron chi connectivity index (χ0n) is 8.55. The molecule has 0 aliphatic heterocycles. The third-order valence-electron chi connectivity index (χ3n) is 1.97. The normalized spacial score (nSPS) is 10.2. The summed E-state index contributed by atoms with van der Waals surface area (Å²) in [4.78, 5) is 18.3. The van der Waals surface area contributed by atoms with Crippen LogP contribution in [-0.2, 0) is 17.9 Å². The molecule has 7 nitrogen and oxygen atoms in total. The number of rotatable bonds is 4. The number of carbonyl (C=O) groups excluding carboxylic acids is 1. The maximum Gasteiger partial charge on any atom is 0.242 e. The molecule has 2 rings (SSSR count). The van der Waals surface area contributed by atoms with Gasteiger partial charge in [-0.15, -0.1) is 0 Å². The number of hydrogen-bond acceptors (Lipinski definition) is 4. The number of carbonyl (C=O) groups is 1. The summed E-state index contributed by atoms with van der Waals surface area (Å²) in [7, 11) is 0. The first-order chi connectivity index (χ1) is 7.74. The molecule has 0 atom stereocenters. The van der Waals surface area contributed by atoms with Crippen LogP contribution in [-0.4, -0.2) is 25.7 Å². The Balaban J connectivity index is 1.81. The first-order valence-electron chi connectivity index (χ1n) is 4.78. The van der Waals surface area contributed by atoms with Crippen molar-refractivity contribution >= 4 is 11.7 Å². The van der Waals surface area contributed by atoms with Crippen molar-refractivity contribution in [2.75, 3.05) is 5.73 Å². The molecule has 0 aromatic carbocycles. The molecule has 4 N–H and O–H groups in total. The van der Waals surface area contributed by atoms with Crippen LogP contribution in [0.1, 0.15) is 5.82 Å². The van der Waals surface area contributed by atoms with E-state index in [0.29, 0.717) is 18.2 Å².